The number of aliphatic hydroxyl groups is 1. The number of hydrogen-bond donors (Lipinski definition) is 3. The van der Waals surface area contributed by atoms with Crippen molar-refractivity contribution in [3.05, 3.63) is 82.5 Å². The summed E-state index contributed by atoms with van der Waals surface area (Å²) in [6.45, 7) is -0.113. The Morgan fingerprint density at radius 1 is 1.06 bits per heavy atom. The molecule has 0 bridgehead atoms. The number of anilines is 1. The van der Waals surface area contributed by atoms with Crippen LogP contribution < -0.4 is 19.5 Å². The van der Waals surface area contributed by atoms with Crippen LogP contribution in [0.5, 0.6) is 17.2 Å². The number of H-pyrrole nitrogens is 1. The number of methoxy groups -OCH3 is 2. The van der Waals surface area contributed by atoms with Crippen molar-refractivity contribution < 1.29 is 32.9 Å². The first-order valence-corrected chi connectivity index (χ1v) is 11.3. The van der Waals surface area contributed by atoms with Gasteiger partial charge < -0.3 is 29.6 Å². The Labute approximate surface area is 210 Å². The number of benzene rings is 3. The molecule has 36 heavy (non-hydrogen) atoms. The maximum Gasteiger partial charge on any atom is 0.191 e. The lowest BCUT2D eigenvalue weighted by atomic mass is 9.95. The first-order chi connectivity index (χ1) is 17.3. The summed E-state index contributed by atoms with van der Waals surface area (Å²) in [5.41, 5.74) is 1.36. The van der Waals surface area contributed by atoms with Crippen LogP contribution in [0.15, 0.2) is 54.7 Å². The third-order valence-electron chi connectivity index (χ3n) is 5.54. The highest BCUT2D eigenvalue weighted by molar-refractivity contribution is 6.30. The Morgan fingerprint density at radius 2 is 1.81 bits per heavy atom. The summed E-state index contributed by atoms with van der Waals surface area (Å²) < 4.78 is 44.1. The van der Waals surface area contributed by atoms with E-state index in [-0.39, 0.29) is 29.7 Å². The Balaban J connectivity index is 1.82. The van der Waals surface area contributed by atoms with Gasteiger partial charge in [0, 0.05) is 63.2 Å². The fraction of sp³-hybridized carbons (Fsp3) is 0.192. The van der Waals surface area contributed by atoms with Gasteiger partial charge in [-0.05, 0) is 18.2 Å². The predicted octanol–water partition coefficient (Wildman–Crippen LogP) is 5.52. The molecule has 0 saturated heterocycles. The Kier molecular flexibility index (Phi) is 7.61. The molecule has 0 aliphatic carbocycles. The predicted molar refractivity (Wildman–Crippen MR) is 132 cm³/mol. The average molecular weight is 517 g/mol. The van der Waals surface area contributed by atoms with Crippen LogP contribution in [0.25, 0.3) is 10.9 Å². The summed E-state index contributed by atoms with van der Waals surface area (Å²) in [6.07, 6.45) is 1.41. The van der Waals surface area contributed by atoms with Gasteiger partial charge in [0.15, 0.2) is 17.4 Å². The van der Waals surface area contributed by atoms with Crippen molar-refractivity contribution in [3.63, 3.8) is 0 Å². The van der Waals surface area contributed by atoms with Gasteiger partial charge in [0.2, 0.25) is 0 Å². The number of carbonyl (C=O) groups excluding carboxylic acids is 1. The monoisotopic (exact) mass is 516 g/mol. The van der Waals surface area contributed by atoms with Crippen LogP contribution in [-0.4, -0.2) is 43.3 Å². The van der Waals surface area contributed by atoms with E-state index in [0.717, 1.165) is 12.1 Å². The number of fused-ring (bicyclic) bond motifs is 1. The van der Waals surface area contributed by atoms with Crippen molar-refractivity contribution in [1.29, 1.82) is 0 Å². The highest BCUT2D eigenvalue weighted by atomic mass is 35.5. The summed E-state index contributed by atoms with van der Waals surface area (Å²) in [7, 11) is 2.94. The minimum atomic E-state index is -1.07. The van der Waals surface area contributed by atoms with E-state index in [1.165, 1.54) is 20.4 Å². The van der Waals surface area contributed by atoms with Crippen LogP contribution >= 0.6 is 11.6 Å². The molecular weight excluding hydrogens is 494 g/mol. The maximum atomic E-state index is 14.0. The number of Topliss-reactive ketones (excluding diaryl/α,β-unsaturated/α-hetero) is 1. The second kappa shape index (κ2) is 10.8. The lowest BCUT2D eigenvalue weighted by molar-refractivity contribution is 0.0970. The van der Waals surface area contributed by atoms with Crippen molar-refractivity contribution in [2.75, 3.05) is 32.8 Å². The van der Waals surface area contributed by atoms with Gasteiger partial charge >= 0.3 is 0 Å². The van der Waals surface area contributed by atoms with E-state index in [9.17, 15) is 13.6 Å². The minimum Gasteiger partial charge on any atom is -0.497 e. The van der Waals surface area contributed by atoms with Gasteiger partial charge in [0.05, 0.1) is 20.8 Å². The number of aromatic nitrogens is 1. The summed E-state index contributed by atoms with van der Waals surface area (Å²) in [6, 6.07) is 10.7. The zero-order valence-corrected chi connectivity index (χ0v) is 20.2. The molecule has 10 heteroatoms. The van der Waals surface area contributed by atoms with Crippen LogP contribution in [0.3, 0.4) is 0 Å². The molecule has 1 aromatic heterocycles. The Bertz CT molecular complexity index is 1410. The van der Waals surface area contributed by atoms with Gasteiger partial charge in [-0.2, -0.15) is 0 Å². The summed E-state index contributed by atoms with van der Waals surface area (Å²) in [5, 5.41) is 12.9. The van der Waals surface area contributed by atoms with Crippen LogP contribution in [-0.2, 0) is 0 Å². The molecule has 4 aromatic rings. The maximum absolute atomic E-state index is 14.0. The molecule has 1 heterocycles. The molecule has 1 atom stereocenters. The van der Waals surface area contributed by atoms with Crippen molar-refractivity contribution in [1.82, 2.24) is 4.98 Å². The molecule has 188 valence electrons. The van der Waals surface area contributed by atoms with Crippen molar-refractivity contribution >= 4 is 34.0 Å². The number of hydrogen-bond acceptors (Lipinski definition) is 6. The zero-order chi connectivity index (χ0) is 25.8. The van der Waals surface area contributed by atoms with Crippen LogP contribution in [0.2, 0.25) is 5.02 Å². The molecule has 0 saturated carbocycles. The van der Waals surface area contributed by atoms with E-state index in [4.69, 9.17) is 30.9 Å². The number of aliphatic hydroxyl groups excluding tert-OH is 1. The SMILES string of the molecule is COc1cc(NC(C(=O)c2c[nH]c3cc(F)c(F)cc23)c2ccc(Cl)cc2OC)cc(OCCO)c1. The van der Waals surface area contributed by atoms with Gasteiger partial charge in [-0.25, -0.2) is 8.78 Å². The largest absolute Gasteiger partial charge is 0.497 e. The van der Waals surface area contributed by atoms with Gasteiger partial charge in [-0.15, -0.1) is 0 Å². The molecule has 0 spiro atoms. The fourth-order valence-corrected chi connectivity index (χ4v) is 4.03. The lowest BCUT2D eigenvalue weighted by Gasteiger charge is -2.22. The number of nitrogens with one attached hydrogen (secondary N) is 2. The number of ether oxygens (including phenoxy) is 3. The minimum absolute atomic E-state index is 0.0669. The topological polar surface area (TPSA) is 92.8 Å². The molecular formula is C26H23ClF2N2O5. The van der Waals surface area contributed by atoms with E-state index in [2.05, 4.69) is 10.3 Å². The normalized spacial score (nSPS) is 11.8. The molecule has 3 N–H and O–H groups in total. The zero-order valence-electron chi connectivity index (χ0n) is 19.4. The van der Waals surface area contributed by atoms with Crippen molar-refractivity contribution in [3.8, 4) is 17.2 Å². The van der Waals surface area contributed by atoms with E-state index in [0.29, 0.717) is 33.5 Å². The molecule has 0 amide bonds. The van der Waals surface area contributed by atoms with E-state index >= 15 is 0 Å². The first kappa shape index (κ1) is 25.3. The second-order valence-electron chi connectivity index (χ2n) is 7.81. The molecule has 7 nitrogen and oxygen atoms in total. The summed E-state index contributed by atoms with van der Waals surface area (Å²) >= 11 is 6.14. The lowest BCUT2D eigenvalue weighted by Crippen LogP contribution is -2.22. The molecule has 0 fully saturated rings. The highest BCUT2D eigenvalue weighted by Crippen LogP contribution is 2.36. The van der Waals surface area contributed by atoms with Gasteiger partial charge in [-0.1, -0.05) is 17.7 Å². The van der Waals surface area contributed by atoms with Crippen molar-refractivity contribution in [2.45, 2.75) is 6.04 Å². The summed E-state index contributed by atoms with van der Waals surface area (Å²) in [4.78, 5) is 16.7. The number of rotatable bonds is 10. The standard InChI is InChI=1S/C26H23ClF2N2O5/c1-34-16-8-15(9-17(10-16)36-6-5-32)31-25(18-4-3-14(27)7-24(18)35-2)26(33)20-13-30-23-12-22(29)21(28)11-19(20)23/h3-4,7-13,25,30-32H,5-6H2,1-2H3. The quantitative estimate of drug-likeness (QED) is 0.240. The van der Waals surface area contributed by atoms with Gasteiger partial charge in [0.25, 0.3) is 0 Å². The van der Waals surface area contributed by atoms with Crippen molar-refractivity contribution in [2.24, 2.45) is 0 Å². The highest BCUT2D eigenvalue weighted by Gasteiger charge is 2.28. The summed E-state index contributed by atoms with van der Waals surface area (Å²) in [5.74, 6) is -1.32. The third kappa shape index (κ3) is 5.22. The smallest absolute Gasteiger partial charge is 0.191 e. The van der Waals surface area contributed by atoms with Crippen LogP contribution in [0, 0.1) is 11.6 Å². The van der Waals surface area contributed by atoms with Gasteiger partial charge in [0.1, 0.15) is 29.9 Å². The number of carbonyl (C=O) groups is 1. The van der Waals surface area contributed by atoms with E-state index < -0.39 is 23.5 Å². The van der Waals surface area contributed by atoms with E-state index in [1.807, 2.05) is 0 Å². The molecule has 0 aliphatic rings. The number of halogens is 3. The molecule has 0 radical (unpaired) electrons. The van der Waals surface area contributed by atoms with Gasteiger partial charge in [-0.3, -0.25) is 4.79 Å². The Morgan fingerprint density at radius 3 is 2.53 bits per heavy atom. The average Bonchev–Trinajstić information content (AvgIpc) is 3.28. The first-order valence-electron chi connectivity index (χ1n) is 10.9. The number of aromatic amines is 1. The van der Waals surface area contributed by atoms with E-state index in [1.54, 1.807) is 36.4 Å². The third-order valence-corrected chi connectivity index (χ3v) is 5.78. The fourth-order valence-electron chi connectivity index (χ4n) is 3.87. The Hall–Kier alpha value is -3.82. The number of ketones is 1. The molecule has 0 aliphatic heterocycles. The van der Waals surface area contributed by atoms with Crippen LogP contribution in [0.1, 0.15) is 22.0 Å². The molecule has 3 aromatic carbocycles. The van der Waals surface area contributed by atoms with Crippen LogP contribution in [0.4, 0.5) is 14.5 Å². The second-order valence-corrected chi connectivity index (χ2v) is 8.25. The molecule has 4 rings (SSSR count). The molecule has 1 unspecified atom stereocenters.